The van der Waals surface area contributed by atoms with Gasteiger partial charge in [0.1, 0.15) is 10.9 Å². The first-order chi connectivity index (χ1) is 12.4. The maximum absolute atomic E-state index is 12.2. The van der Waals surface area contributed by atoms with Gasteiger partial charge in [-0.25, -0.2) is 0 Å². The molecule has 2 N–H and O–H groups in total. The number of carbonyl (C=O) groups is 2. The van der Waals surface area contributed by atoms with Crippen LogP contribution in [0.2, 0.25) is 0 Å². The summed E-state index contributed by atoms with van der Waals surface area (Å²) in [4.78, 5) is 26.7. The number of nitrogens with one attached hydrogen (secondary N) is 1. The Labute approximate surface area is 168 Å². The second kappa shape index (κ2) is 10.3. The molecular weight excluding hydrogens is 390 g/mol. The van der Waals surface area contributed by atoms with Crippen molar-refractivity contribution in [1.29, 1.82) is 0 Å². The fraction of sp³-hybridized carbons (Fsp3) is 0.588. The zero-order valence-corrected chi connectivity index (χ0v) is 17.6. The minimum absolute atomic E-state index is 0.303. The van der Waals surface area contributed by atoms with Gasteiger partial charge < -0.3 is 15.3 Å². The van der Waals surface area contributed by atoms with Crippen molar-refractivity contribution in [3.05, 3.63) is 21.6 Å². The van der Waals surface area contributed by atoms with Crippen LogP contribution in [-0.2, 0) is 9.59 Å². The number of allylic oxidation sites excluding steroid dienone is 2. The van der Waals surface area contributed by atoms with E-state index in [0.717, 1.165) is 27.8 Å². The molecule has 0 aromatic carbocycles. The number of carboxylic acids is 1. The van der Waals surface area contributed by atoms with E-state index in [1.165, 1.54) is 44.1 Å². The van der Waals surface area contributed by atoms with Crippen LogP contribution in [0, 0.1) is 0 Å². The van der Waals surface area contributed by atoms with E-state index in [1.807, 2.05) is 20.0 Å². The van der Waals surface area contributed by atoms with Crippen molar-refractivity contribution in [3.8, 4) is 0 Å². The van der Waals surface area contributed by atoms with Gasteiger partial charge in [-0.3, -0.25) is 14.5 Å². The molecule has 1 amide bonds. The van der Waals surface area contributed by atoms with E-state index in [2.05, 4.69) is 10.2 Å². The van der Waals surface area contributed by atoms with Crippen LogP contribution in [0.4, 0.5) is 0 Å². The van der Waals surface area contributed by atoms with Crippen molar-refractivity contribution < 1.29 is 14.7 Å². The largest absolute Gasteiger partial charge is 0.480 e. The average Bonchev–Trinajstić information content (AvgIpc) is 3.14. The van der Waals surface area contributed by atoms with Crippen LogP contribution in [-0.4, -0.2) is 70.1 Å². The number of carbonyl (C=O) groups excluding carboxylic acids is 1. The molecule has 9 heteroatoms. The molecule has 3 saturated heterocycles. The number of thioether (sulfide) groups is 2. The third-order valence-electron chi connectivity index (χ3n) is 4.10. The molecule has 0 saturated carbocycles. The molecule has 3 heterocycles. The normalized spacial score (nSPS) is 24.0. The van der Waals surface area contributed by atoms with Crippen molar-refractivity contribution >= 4 is 51.9 Å². The van der Waals surface area contributed by atoms with Crippen LogP contribution in [0.1, 0.15) is 26.2 Å². The Morgan fingerprint density at radius 1 is 1.35 bits per heavy atom. The molecule has 6 nitrogen and oxygen atoms in total. The zero-order valence-electron chi connectivity index (χ0n) is 15.1. The van der Waals surface area contributed by atoms with E-state index in [1.54, 1.807) is 11.8 Å². The van der Waals surface area contributed by atoms with Crippen molar-refractivity contribution in [2.45, 2.75) is 26.2 Å². The van der Waals surface area contributed by atoms with E-state index in [0.29, 0.717) is 9.23 Å². The minimum atomic E-state index is -1.07. The fourth-order valence-electron chi connectivity index (χ4n) is 2.62. The Hall–Kier alpha value is -1.03. The van der Waals surface area contributed by atoms with Crippen molar-refractivity contribution in [3.63, 3.8) is 0 Å². The van der Waals surface area contributed by atoms with Gasteiger partial charge in [0.15, 0.2) is 0 Å². The van der Waals surface area contributed by atoms with E-state index in [9.17, 15) is 9.59 Å². The minimum Gasteiger partial charge on any atom is -0.480 e. The summed E-state index contributed by atoms with van der Waals surface area (Å²) in [7, 11) is 2.01. The lowest BCUT2D eigenvalue weighted by Gasteiger charge is -2.12. The summed E-state index contributed by atoms with van der Waals surface area (Å²) >= 11 is 7.98. The molecule has 0 bridgehead atoms. The zero-order chi connectivity index (χ0) is 19.1. The second-order valence-electron chi connectivity index (χ2n) is 6.23. The highest BCUT2D eigenvalue weighted by molar-refractivity contribution is 8.26. The van der Waals surface area contributed by atoms with E-state index in [-0.39, 0.29) is 12.5 Å². The first-order valence-corrected chi connectivity index (χ1v) is 10.8. The number of thiocarbonyl (C=S) groups is 1. The lowest BCUT2D eigenvalue weighted by Crippen LogP contribution is -2.33. The highest BCUT2D eigenvalue weighted by Gasteiger charge is 2.34. The molecule has 3 aliphatic heterocycles. The van der Waals surface area contributed by atoms with Gasteiger partial charge in [-0.05, 0) is 44.5 Å². The topological polar surface area (TPSA) is 72.9 Å². The summed E-state index contributed by atoms with van der Waals surface area (Å²) in [6, 6.07) is 0. The third kappa shape index (κ3) is 6.00. The smallest absolute Gasteiger partial charge is 0.323 e. The van der Waals surface area contributed by atoms with Gasteiger partial charge in [-0.15, -0.1) is 11.8 Å². The summed E-state index contributed by atoms with van der Waals surface area (Å²) < 4.78 is 0.303. The van der Waals surface area contributed by atoms with Crippen LogP contribution in [0.25, 0.3) is 0 Å². The van der Waals surface area contributed by atoms with Gasteiger partial charge in [0.2, 0.25) is 0 Å². The van der Waals surface area contributed by atoms with Gasteiger partial charge in [-0.2, -0.15) is 0 Å². The summed E-state index contributed by atoms with van der Waals surface area (Å²) in [5.41, 5.74) is 0.825. The number of amides is 1. The third-order valence-corrected chi connectivity index (χ3v) is 6.78. The Bertz CT molecular complexity index is 618. The van der Waals surface area contributed by atoms with Crippen LogP contribution in [0.3, 0.4) is 0 Å². The highest BCUT2D eigenvalue weighted by Crippen LogP contribution is 2.35. The standard InChI is InChI=1S/C12H14N2O3S3.C5H11N/c1-7(5-8-13(2)3-4-19-8)10-11(17)14(6-9(15)16)12(18)20-10;1-2-4-6-5-3-1/h5H,3-4,6H2,1-2H3,(H,15,16);6H,1-5H2. The Balaban J connectivity index is 0.000000342. The molecule has 0 aliphatic carbocycles. The second-order valence-corrected chi connectivity index (χ2v) is 8.99. The predicted octanol–water partition coefficient (Wildman–Crippen LogP) is 2.49. The maximum atomic E-state index is 12.2. The molecule has 144 valence electrons. The summed E-state index contributed by atoms with van der Waals surface area (Å²) in [6.07, 6.45) is 6.18. The lowest BCUT2D eigenvalue weighted by atomic mass is 10.2. The average molecular weight is 416 g/mol. The molecule has 26 heavy (non-hydrogen) atoms. The number of nitrogens with zero attached hydrogens (tertiary/aromatic N) is 2. The van der Waals surface area contributed by atoms with Crippen molar-refractivity contribution in [2.24, 2.45) is 0 Å². The fourth-order valence-corrected chi connectivity index (χ4v) is 5.02. The van der Waals surface area contributed by atoms with E-state index < -0.39 is 5.97 Å². The number of hydrogen-bond acceptors (Lipinski definition) is 7. The van der Waals surface area contributed by atoms with E-state index >= 15 is 0 Å². The van der Waals surface area contributed by atoms with Gasteiger partial charge >= 0.3 is 5.97 Å². The number of carboxylic acid groups (broad SMARTS) is 1. The van der Waals surface area contributed by atoms with Crippen molar-refractivity contribution in [1.82, 2.24) is 15.1 Å². The van der Waals surface area contributed by atoms with Crippen LogP contribution < -0.4 is 5.32 Å². The SMILES string of the molecule is C1CCNCC1.CC(C=C1SCCN1C)=C1SC(=S)N(CC(=O)O)C1=O. The molecule has 0 aromatic heterocycles. The van der Waals surface area contributed by atoms with Gasteiger partial charge in [0.25, 0.3) is 5.91 Å². The quantitative estimate of drug-likeness (QED) is 0.538. The van der Waals surface area contributed by atoms with Crippen LogP contribution in [0.15, 0.2) is 21.6 Å². The van der Waals surface area contributed by atoms with Crippen molar-refractivity contribution in [2.75, 3.05) is 39.0 Å². The molecule has 0 radical (unpaired) electrons. The van der Waals surface area contributed by atoms with E-state index in [4.69, 9.17) is 17.3 Å². The number of piperidine rings is 1. The number of hydrogen-bond donors (Lipinski definition) is 2. The van der Waals surface area contributed by atoms with Crippen LogP contribution in [0.5, 0.6) is 0 Å². The Kier molecular flexibility index (Phi) is 8.46. The Morgan fingerprint density at radius 2 is 2.04 bits per heavy atom. The molecule has 0 unspecified atom stereocenters. The summed E-state index contributed by atoms with van der Waals surface area (Å²) in [5.74, 6) is -0.345. The molecule has 3 fully saturated rings. The first kappa shape index (κ1) is 21.3. The predicted molar refractivity (Wildman–Crippen MR) is 112 cm³/mol. The molecule has 3 aliphatic rings. The van der Waals surface area contributed by atoms with Crippen LogP contribution >= 0.6 is 35.7 Å². The molecule has 0 atom stereocenters. The monoisotopic (exact) mass is 415 g/mol. The Morgan fingerprint density at radius 3 is 2.50 bits per heavy atom. The van der Waals surface area contributed by atoms with Gasteiger partial charge in [-0.1, -0.05) is 30.4 Å². The summed E-state index contributed by atoms with van der Waals surface area (Å²) in [6.45, 7) is 4.96. The highest BCUT2D eigenvalue weighted by atomic mass is 32.2. The molecule has 3 rings (SSSR count). The number of rotatable bonds is 3. The molecular formula is C17H25N3O3S3. The number of aliphatic carboxylic acids is 1. The first-order valence-electron chi connectivity index (χ1n) is 8.63. The van der Waals surface area contributed by atoms with Gasteiger partial charge in [0.05, 0.1) is 9.93 Å². The van der Waals surface area contributed by atoms with Gasteiger partial charge in [0, 0.05) is 19.3 Å². The molecule has 0 aromatic rings. The summed E-state index contributed by atoms with van der Waals surface area (Å²) in [5, 5.41) is 13.2. The molecule has 0 spiro atoms. The lowest BCUT2D eigenvalue weighted by molar-refractivity contribution is -0.140. The maximum Gasteiger partial charge on any atom is 0.323 e.